The minimum atomic E-state index is -2.18. The topological polar surface area (TPSA) is 135 Å². The molecule has 0 saturated heterocycles. The second-order valence-corrected chi connectivity index (χ2v) is 4.45. The van der Waals surface area contributed by atoms with Crippen LogP contribution in [-0.2, 0) is 14.4 Å². The van der Waals surface area contributed by atoms with Crippen LogP contribution in [0.2, 0.25) is 0 Å². The number of carboxylic acids is 3. The summed E-state index contributed by atoms with van der Waals surface area (Å²) < 4.78 is 0. The van der Waals surface area contributed by atoms with Gasteiger partial charge in [-0.1, -0.05) is 20.3 Å². The monoisotopic (exact) mass is 291 g/mol. The van der Waals surface area contributed by atoms with E-state index in [0.29, 0.717) is 12.8 Å². The smallest absolute Gasteiger partial charge is 0.334 e. The van der Waals surface area contributed by atoms with Crippen LogP contribution in [0.25, 0.3) is 0 Å². The van der Waals surface area contributed by atoms with Crippen molar-refractivity contribution in [3.8, 4) is 0 Å². The van der Waals surface area contributed by atoms with Crippen molar-refractivity contribution in [3.63, 3.8) is 0 Å². The fourth-order valence-corrected chi connectivity index (χ4v) is 2.04. The van der Waals surface area contributed by atoms with E-state index in [1.807, 2.05) is 0 Å². The van der Waals surface area contributed by atoms with Crippen molar-refractivity contribution < 1.29 is 34.8 Å². The molecule has 0 aliphatic rings. The maximum atomic E-state index is 11.3. The molecule has 3 unspecified atom stereocenters. The number of carboxylic acid groups (broad SMARTS) is 3. The highest BCUT2D eigenvalue weighted by Gasteiger charge is 2.41. The average molecular weight is 291 g/mol. The zero-order valence-electron chi connectivity index (χ0n) is 11.5. The van der Waals surface area contributed by atoms with Crippen LogP contribution in [0.3, 0.4) is 0 Å². The number of aliphatic carboxylic acids is 3. The first-order valence-corrected chi connectivity index (χ1v) is 6.40. The molecule has 8 nitrogen and oxygen atoms in total. The number of hydrogen-bond donors (Lipinski definition) is 4. The molecule has 3 atom stereocenters. The molecule has 0 saturated carbocycles. The Hall–Kier alpha value is -1.67. The predicted molar refractivity (Wildman–Crippen MR) is 68.4 cm³/mol. The maximum Gasteiger partial charge on any atom is 0.334 e. The Labute approximate surface area is 116 Å². The minimum Gasteiger partial charge on any atom is -0.480 e. The minimum absolute atomic E-state index is 0.0677. The van der Waals surface area contributed by atoms with Crippen molar-refractivity contribution in [3.05, 3.63) is 0 Å². The summed E-state index contributed by atoms with van der Waals surface area (Å²) in [5, 5.41) is 36.6. The molecule has 0 aromatic rings. The third-order valence-corrected chi connectivity index (χ3v) is 2.89. The van der Waals surface area contributed by atoms with E-state index < -0.39 is 36.1 Å². The lowest BCUT2D eigenvalue weighted by Gasteiger charge is -2.34. The van der Waals surface area contributed by atoms with Gasteiger partial charge in [-0.3, -0.25) is 14.5 Å². The number of aliphatic hydroxyl groups excluding tert-OH is 1. The van der Waals surface area contributed by atoms with Gasteiger partial charge in [-0.15, -0.1) is 0 Å². The van der Waals surface area contributed by atoms with Crippen molar-refractivity contribution in [1.29, 1.82) is 0 Å². The molecule has 20 heavy (non-hydrogen) atoms. The van der Waals surface area contributed by atoms with Crippen LogP contribution in [0, 0.1) is 0 Å². The average Bonchev–Trinajstić information content (AvgIpc) is 2.34. The number of aliphatic hydroxyl groups is 1. The van der Waals surface area contributed by atoms with E-state index in [4.69, 9.17) is 10.2 Å². The van der Waals surface area contributed by atoms with Crippen LogP contribution in [0.5, 0.6) is 0 Å². The van der Waals surface area contributed by atoms with Crippen molar-refractivity contribution in [2.45, 2.75) is 51.3 Å². The maximum absolute atomic E-state index is 11.3. The molecule has 4 N–H and O–H groups in total. The van der Waals surface area contributed by atoms with E-state index in [-0.39, 0.29) is 13.0 Å². The Morgan fingerprint density at radius 3 is 1.80 bits per heavy atom. The molecule has 0 aliphatic carbocycles. The zero-order valence-corrected chi connectivity index (χ0v) is 11.5. The summed E-state index contributed by atoms with van der Waals surface area (Å²) in [5.74, 6) is -4.49. The molecule has 0 spiro atoms. The van der Waals surface area contributed by atoms with Crippen LogP contribution in [0.15, 0.2) is 0 Å². The van der Waals surface area contributed by atoms with Gasteiger partial charge in [0.25, 0.3) is 0 Å². The van der Waals surface area contributed by atoms with Gasteiger partial charge in [0.2, 0.25) is 0 Å². The summed E-state index contributed by atoms with van der Waals surface area (Å²) in [6.07, 6.45) is -1.08. The molecule has 0 aromatic heterocycles. The lowest BCUT2D eigenvalue weighted by Crippen LogP contribution is -2.57. The second kappa shape index (κ2) is 8.49. The van der Waals surface area contributed by atoms with E-state index in [1.165, 1.54) is 0 Å². The Kier molecular flexibility index (Phi) is 7.78. The van der Waals surface area contributed by atoms with Crippen molar-refractivity contribution in [2.24, 2.45) is 0 Å². The molecular weight excluding hydrogens is 270 g/mol. The van der Waals surface area contributed by atoms with E-state index in [0.717, 1.165) is 4.90 Å². The first-order chi connectivity index (χ1) is 9.27. The molecule has 0 radical (unpaired) electrons. The number of nitrogens with zero attached hydrogens (tertiary/aromatic N) is 1. The van der Waals surface area contributed by atoms with E-state index >= 15 is 0 Å². The third-order valence-electron chi connectivity index (χ3n) is 2.89. The Morgan fingerprint density at radius 1 is 0.950 bits per heavy atom. The molecule has 0 aliphatic heterocycles. The van der Waals surface area contributed by atoms with Gasteiger partial charge in [0.05, 0.1) is 0 Å². The molecule has 0 rings (SSSR count). The van der Waals surface area contributed by atoms with Crippen LogP contribution >= 0.6 is 0 Å². The number of hydrogen-bond acceptors (Lipinski definition) is 5. The van der Waals surface area contributed by atoms with Gasteiger partial charge in [-0.2, -0.15) is 0 Å². The Bertz CT molecular complexity index is 358. The summed E-state index contributed by atoms with van der Waals surface area (Å²) in [6.45, 7) is 3.52. The fraction of sp³-hybridized carbons (Fsp3) is 0.750. The van der Waals surface area contributed by atoms with E-state index in [9.17, 15) is 24.6 Å². The molecule has 0 heterocycles. The lowest BCUT2D eigenvalue weighted by atomic mass is 10.0. The zero-order chi connectivity index (χ0) is 15.9. The molecule has 8 heteroatoms. The summed E-state index contributed by atoms with van der Waals surface area (Å²) in [5.41, 5.74) is 0. The molecule has 0 fully saturated rings. The van der Waals surface area contributed by atoms with Crippen LogP contribution in [0.1, 0.15) is 33.1 Å². The third kappa shape index (κ3) is 4.78. The summed E-state index contributed by atoms with van der Waals surface area (Å²) in [4.78, 5) is 34.3. The molecule has 0 bridgehead atoms. The molecule has 0 aromatic carbocycles. The molecule has 116 valence electrons. The largest absolute Gasteiger partial charge is 0.480 e. The van der Waals surface area contributed by atoms with Gasteiger partial charge in [-0.25, -0.2) is 4.79 Å². The van der Waals surface area contributed by atoms with Crippen molar-refractivity contribution in [1.82, 2.24) is 4.90 Å². The molecule has 0 amide bonds. The standard InChI is InChI=1S/C12H21NO7/c1-3-5-7(10(15)16)13(6-4-2)8(11(17)18)9(14)12(19)20/h7-9,14H,3-6H2,1-2H3,(H,15,16)(H,17,18)(H,19,20). The highest BCUT2D eigenvalue weighted by Crippen LogP contribution is 2.16. The highest BCUT2D eigenvalue weighted by atomic mass is 16.4. The number of carbonyl (C=O) groups is 3. The highest BCUT2D eigenvalue weighted by molar-refractivity contribution is 5.85. The van der Waals surface area contributed by atoms with Crippen LogP contribution in [0.4, 0.5) is 0 Å². The van der Waals surface area contributed by atoms with E-state index in [1.54, 1.807) is 13.8 Å². The van der Waals surface area contributed by atoms with Crippen LogP contribution < -0.4 is 0 Å². The van der Waals surface area contributed by atoms with Crippen molar-refractivity contribution in [2.75, 3.05) is 6.54 Å². The predicted octanol–water partition coefficient (Wildman–Crippen LogP) is -0.150. The first kappa shape index (κ1) is 18.3. The molecular formula is C12H21NO7. The second-order valence-electron chi connectivity index (χ2n) is 4.45. The first-order valence-electron chi connectivity index (χ1n) is 6.40. The summed E-state index contributed by atoms with van der Waals surface area (Å²) in [6, 6.07) is -2.94. The summed E-state index contributed by atoms with van der Waals surface area (Å²) in [7, 11) is 0. The van der Waals surface area contributed by atoms with Gasteiger partial charge >= 0.3 is 17.9 Å². The van der Waals surface area contributed by atoms with Gasteiger partial charge < -0.3 is 20.4 Å². The fourth-order valence-electron chi connectivity index (χ4n) is 2.04. The van der Waals surface area contributed by atoms with Gasteiger partial charge in [0, 0.05) is 0 Å². The Morgan fingerprint density at radius 2 is 1.50 bits per heavy atom. The van der Waals surface area contributed by atoms with Gasteiger partial charge in [0.15, 0.2) is 6.10 Å². The summed E-state index contributed by atoms with van der Waals surface area (Å²) >= 11 is 0. The lowest BCUT2D eigenvalue weighted by molar-refractivity contribution is -0.166. The quantitative estimate of drug-likeness (QED) is 0.436. The SMILES string of the molecule is CCCC(C(=O)O)N(CCC)C(C(=O)O)C(O)C(=O)O. The normalized spacial score (nSPS) is 15.6. The Balaban J connectivity index is 5.50. The van der Waals surface area contributed by atoms with Gasteiger partial charge in [0.1, 0.15) is 12.1 Å². The number of rotatable bonds is 10. The van der Waals surface area contributed by atoms with Crippen molar-refractivity contribution >= 4 is 17.9 Å². The van der Waals surface area contributed by atoms with Gasteiger partial charge in [-0.05, 0) is 19.4 Å². The van der Waals surface area contributed by atoms with E-state index in [2.05, 4.69) is 0 Å². The van der Waals surface area contributed by atoms with Crippen LogP contribution in [-0.4, -0.2) is 68.0 Å².